The number of benzene rings is 2. The van der Waals surface area contributed by atoms with Crippen molar-refractivity contribution in [3.05, 3.63) is 59.4 Å². The van der Waals surface area contributed by atoms with Crippen molar-refractivity contribution in [3.63, 3.8) is 0 Å². The number of aryl methyl sites for hydroxylation is 1. The number of rotatable bonds is 8. The third-order valence-corrected chi connectivity index (χ3v) is 4.58. The maximum atomic E-state index is 14.9. The molecule has 0 atom stereocenters. The molecular formula is C23H27FO4. The Balaban J connectivity index is 2.11. The Hall–Kier alpha value is -2.82. The summed E-state index contributed by atoms with van der Waals surface area (Å²) < 4.78 is 30.4. The van der Waals surface area contributed by atoms with Gasteiger partial charge in [-0.1, -0.05) is 32.0 Å². The standard InChI is InChI=1S/C23H27FO4/c1-16(25)28-20-11-8-18(14-21(20)27-5)15-22(24)23(2,3)13-12-17-6-9-19(26-4)10-7-17/h6-11,14-15H,12-13H2,1-5H3/b22-15-. The quantitative estimate of drug-likeness (QED) is 0.438. The second-order valence-electron chi connectivity index (χ2n) is 7.23. The molecular weight excluding hydrogens is 359 g/mol. The number of esters is 1. The molecule has 28 heavy (non-hydrogen) atoms. The Kier molecular flexibility index (Phi) is 7.21. The molecule has 0 N–H and O–H groups in total. The van der Waals surface area contributed by atoms with Crippen LogP contribution in [-0.2, 0) is 11.2 Å². The van der Waals surface area contributed by atoms with Crippen LogP contribution in [0.2, 0.25) is 0 Å². The summed E-state index contributed by atoms with van der Waals surface area (Å²) in [6, 6.07) is 12.8. The van der Waals surface area contributed by atoms with Gasteiger partial charge in [0.1, 0.15) is 11.6 Å². The SMILES string of the molecule is COc1ccc(CCC(C)(C)/C(F)=C/c2ccc(OC(C)=O)c(OC)c2)cc1. The van der Waals surface area contributed by atoms with Gasteiger partial charge in [-0.05, 0) is 54.3 Å². The highest BCUT2D eigenvalue weighted by Crippen LogP contribution is 2.36. The highest BCUT2D eigenvalue weighted by atomic mass is 19.1. The molecule has 0 bridgehead atoms. The van der Waals surface area contributed by atoms with Crippen LogP contribution in [0.25, 0.3) is 6.08 Å². The van der Waals surface area contributed by atoms with Crippen LogP contribution < -0.4 is 14.2 Å². The van der Waals surface area contributed by atoms with Gasteiger partial charge in [0.2, 0.25) is 0 Å². The van der Waals surface area contributed by atoms with Crippen molar-refractivity contribution < 1.29 is 23.4 Å². The minimum Gasteiger partial charge on any atom is -0.497 e. The lowest BCUT2D eigenvalue weighted by atomic mass is 9.84. The van der Waals surface area contributed by atoms with Crippen LogP contribution in [0.4, 0.5) is 4.39 Å². The molecule has 2 aromatic carbocycles. The van der Waals surface area contributed by atoms with Crippen molar-refractivity contribution in [1.82, 2.24) is 0 Å². The second-order valence-corrected chi connectivity index (χ2v) is 7.23. The number of hydrogen-bond acceptors (Lipinski definition) is 4. The molecule has 150 valence electrons. The largest absolute Gasteiger partial charge is 0.497 e. The number of allylic oxidation sites excluding steroid dienone is 1. The van der Waals surface area contributed by atoms with Crippen molar-refractivity contribution in [3.8, 4) is 17.2 Å². The van der Waals surface area contributed by atoms with Crippen LogP contribution in [0, 0.1) is 5.41 Å². The average molecular weight is 386 g/mol. The van der Waals surface area contributed by atoms with Gasteiger partial charge in [-0.25, -0.2) is 4.39 Å². The zero-order valence-corrected chi connectivity index (χ0v) is 17.0. The number of halogens is 1. The fraction of sp³-hybridized carbons (Fsp3) is 0.348. The Morgan fingerprint density at radius 1 is 1.04 bits per heavy atom. The number of carbonyl (C=O) groups excluding carboxylic acids is 1. The third kappa shape index (κ3) is 5.84. The molecule has 0 aromatic heterocycles. The van der Waals surface area contributed by atoms with Gasteiger partial charge in [0.15, 0.2) is 11.5 Å². The Morgan fingerprint density at radius 2 is 1.71 bits per heavy atom. The van der Waals surface area contributed by atoms with Crippen LogP contribution in [0.3, 0.4) is 0 Å². The predicted octanol–water partition coefficient (Wildman–Crippen LogP) is 5.60. The van der Waals surface area contributed by atoms with E-state index >= 15 is 0 Å². The van der Waals surface area contributed by atoms with E-state index in [0.717, 1.165) is 17.7 Å². The summed E-state index contributed by atoms with van der Waals surface area (Å²) in [4.78, 5) is 11.1. The molecule has 0 aliphatic rings. The van der Waals surface area contributed by atoms with E-state index in [1.54, 1.807) is 25.3 Å². The molecule has 2 aromatic rings. The van der Waals surface area contributed by atoms with E-state index in [9.17, 15) is 9.18 Å². The van der Waals surface area contributed by atoms with E-state index < -0.39 is 11.4 Å². The molecule has 0 unspecified atom stereocenters. The summed E-state index contributed by atoms with van der Waals surface area (Å²) >= 11 is 0. The first-order valence-electron chi connectivity index (χ1n) is 9.12. The van der Waals surface area contributed by atoms with Gasteiger partial charge in [-0.3, -0.25) is 4.79 Å². The predicted molar refractivity (Wildman–Crippen MR) is 108 cm³/mol. The van der Waals surface area contributed by atoms with Crippen molar-refractivity contribution in [2.24, 2.45) is 5.41 Å². The van der Waals surface area contributed by atoms with Crippen LogP contribution in [0.1, 0.15) is 38.3 Å². The molecule has 0 aliphatic carbocycles. The lowest BCUT2D eigenvalue weighted by Gasteiger charge is -2.23. The van der Waals surface area contributed by atoms with E-state index in [0.29, 0.717) is 23.5 Å². The molecule has 0 fully saturated rings. The summed E-state index contributed by atoms with van der Waals surface area (Å²) in [6.07, 6.45) is 2.91. The first-order chi connectivity index (χ1) is 13.2. The molecule has 0 aliphatic heterocycles. The Morgan fingerprint density at radius 3 is 2.29 bits per heavy atom. The number of ether oxygens (including phenoxy) is 3. The van der Waals surface area contributed by atoms with E-state index in [2.05, 4.69) is 0 Å². The minimum absolute atomic E-state index is 0.219. The van der Waals surface area contributed by atoms with Crippen LogP contribution in [0.5, 0.6) is 17.2 Å². The topological polar surface area (TPSA) is 44.8 Å². The van der Waals surface area contributed by atoms with Gasteiger partial charge < -0.3 is 14.2 Å². The van der Waals surface area contributed by atoms with Crippen molar-refractivity contribution in [2.45, 2.75) is 33.6 Å². The fourth-order valence-electron chi connectivity index (χ4n) is 2.72. The van der Waals surface area contributed by atoms with E-state index in [4.69, 9.17) is 14.2 Å². The molecule has 0 saturated heterocycles. The summed E-state index contributed by atoms with van der Waals surface area (Å²) in [5.41, 5.74) is 1.15. The van der Waals surface area contributed by atoms with Gasteiger partial charge in [-0.15, -0.1) is 0 Å². The highest BCUT2D eigenvalue weighted by molar-refractivity contribution is 5.71. The van der Waals surface area contributed by atoms with E-state index in [1.165, 1.54) is 20.1 Å². The Bertz CT molecular complexity index is 838. The average Bonchev–Trinajstić information content (AvgIpc) is 2.67. The van der Waals surface area contributed by atoms with Gasteiger partial charge in [0.25, 0.3) is 0 Å². The van der Waals surface area contributed by atoms with E-state index in [-0.39, 0.29) is 5.83 Å². The number of methoxy groups -OCH3 is 2. The van der Waals surface area contributed by atoms with Gasteiger partial charge >= 0.3 is 5.97 Å². The maximum absolute atomic E-state index is 14.9. The van der Waals surface area contributed by atoms with Gasteiger partial charge in [-0.2, -0.15) is 0 Å². The zero-order chi connectivity index (χ0) is 20.7. The molecule has 0 saturated carbocycles. The summed E-state index contributed by atoms with van der Waals surface area (Å²) in [5.74, 6) is 0.843. The van der Waals surface area contributed by atoms with Crippen LogP contribution in [0.15, 0.2) is 48.3 Å². The van der Waals surface area contributed by atoms with E-state index in [1.807, 2.05) is 38.1 Å². The van der Waals surface area contributed by atoms with Gasteiger partial charge in [0.05, 0.1) is 14.2 Å². The molecule has 0 heterocycles. The second kappa shape index (κ2) is 9.40. The first kappa shape index (κ1) is 21.5. The van der Waals surface area contributed by atoms with Gasteiger partial charge in [0, 0.05) is 12.3 Å². The summed E-state index contributed by atoms with van der Waals surface area (Å²) in [5, 5.41) is 0. The summed E-state index contributed by atoms with van der Waals surface area (Å²) in [7, 11) is 3.11. The van der Waals surface area contributed by atoms with Crippen molar-refractivity contribution in [2.75, 3.05) is 14.2 Å². The molecule has 2 rings (SSSR count). The van der Waals surface area contributed by atoms with Crippen molar-refractivity contribution in [1.29, 1.82) is 0 Å². The molecule has 0 amide bonds. The fourth-order valence-corrected chi connectivity index (χ4v) is 2.72. The summed E-state index contributed by atoms with van der Waals surface area (Å²) in [6.45, 7) is 5.08. The third-order valence-electron chi connectivity index (χ3n) is 4.58. The minimum atomic E-state index is -0.623. The normalized spacial score (nSPS) is 11.9. The van der Waals surface area contributed by atoms with Crippen molar-refractivity contribution >= 4 is 12.0 Å². The number of hydrogen-bond donors (Lipinski definition) is 0. The lowest BCUT2D eigenvalue weighted by Crippen LogP contribution is -2.13. The monoisotopic (exact) mass is 386 g/mol. The molecule has 5 heteroatoms. The number of carbonyl (C=O) groups is 1. The first-order valence-corrected chi connectivity index (χ1v) is 9.12. The zero-order valence-electron chi connectivity index (χ0n) is 17.0. The lowest BCUT2D eigenvalue weighted by molar-refractivity contribution is -0.132. The maximum Gasteiger partial charge on any atom is 0.308 e. The molecule has 4 nitrogen and oxygen atoms in total. The van der Waals surface area contributed by atoms with Crippen LogP contribution >= 0.6 is 0 Å². The smallest absolute Gasteiger partial charge is 0.308 e. The molecule has 0 spiro atoms. The van der Waals surface area contributed by atoms with Crippen LogP contribution in [-0.4, -0.2) is 20.2 Å². The molecule has 0 radical (unpaired) electrons. The Labute approximate surface area is 165 Å². The highest BCUT2D eigenvalue weighted by Gasteiger charge is 2.24.